The smallest absolute Gasteiger partial charge is 0.271 e. The lowest BCUT2D eigenvalue weighted by Crippen LogP contribution is -2.44. The number of anilines is 1. The first-order valence-electron chi connectivity index (χ1n) is 6.38. The van der Waals surface area contributed by atoms with Crippen molar-refractivity contribution in [1.82, 2.24) is 14.9 Å². The maximum atomic E-state index is 12.2. The second-order valence-electron chi connectivity index (χ2n) is 4.65. The number of aromatic amines is 1. The molecular formula is C12H17ClN4O2. The van der Waals surface area contributed by atoms with Crippen molar-refractivity contribution >= 4 is 23.3 Å². The van der Waals surface area contributed by atoms with E-state index in [4.69, 9.17) is 11.6 Å². The van der Waals surface area contributed by atoms with E-state index in [0.717, 1.165) is 25.9 Å². The van der Waals surface area contributed by atoms with Crippen molar-refractivity contribution in [3.8, 4) is 0 Å². The Balaban J connectivity index is 2.03. The summed E-state index contributed by atoms with van der Waals surface area (Å²) < 4.78 is 0. The summed E-state index contributed by atoms with van der Waals surface area (Å²) in [4.78, 5) is 31.7. The zero-order valence-corrected chi connectivity index (χ0v) is 11.5. The number of nitrogens with zero attached hydrogens (tertiary/aromatic N) is 2. The highest BCUT2D eigenvalue weighted by atomic mass is 35.5. The zero-order valence-electron chi connectivity index (χ0n) is 10.8. The van der Waals surface area contributed by atoms with E-state index in [0.29, 0.717) is 0 Å². The summed E-state index contributed by atoms with van der Waals surface area (Å²) in [6.45, 7) is 3.33. The lowest BCUT2D eigenvalue weighted by molar-refractivity contribution is -0.132. The number of hydrogen-bond donors (Lipinski definition) is 2. The molecule has 104 valence electrons. The van der Waals surface area contributed by atoms with Gasteiger partial charge in [-0.3, -0.25) is 9.59 Å². The highest BCUT2D eigenvalue weighted by molar-refractivity contribution is 6.32. The molecule has 2 heterocycles. The molecule has 2 rings (SSSR count). The van der Waals surface area contributed by atoms with Gasteiger partial charge in [0.2, 0.25) is 5.91 Å². The Morgan fingerprint density at radius 3 is 2.84 bits per heavy atom. The van der Waals surface area contributed by atoms with Gasteiger partial charge in [0.05, 0.1) is 6.33 Å². The van der Waals surface area contributed by atoms with Crippen molar-refractivity contribution in [3.05, 3.63) is 21.7 Å². The van der Waals surface area contributed by atoms with Gasteiger partial charge in [0, 0.05) is 13.1 Å². The molecule has 1 aliphatic heterocycles. The fraction of sp³-hybridized carbons (Fsp3) is 0.583. The van der Waals surface area contributed by atoms with Crippen molar-refractivity contribution in [3.63, 3.8) is 0 Å². The molecular weight excluding hydrogens is 268 g/mol. The quantitative estimate of drug-likeness (QED) is 0.875. The summed E-state index contributed by atoms with van der Waals surface area (Å²) in [5.41, 5.74) is -0.420. The number of halogens is 1. The van der Waals surface area contributed by atoms with E-state index >= 15 is 0 Å². The number of rotatable bonds is 3. The monoisotopic (exact) mass is 284 g/mol. The van der Waals surface area contributed by atoms with Gasteiger partial charge < -0.3 is 15.2 Å². The minimum atomic E-state index is -0.454. The summed E-state index contributed by atoms with van der Waals surface area (Å²) in [6, 6.07) is -0.454. The third kappa shape index (κ3) is 3.26. The van der Waals surface area contributed by atoms with Gasteiger partial charge in [-0.2, -0.15) is 0 Å². The third-order valence-electron chi connectivity index (χ3n) is 3.19. The molecule has 0 aliphatic carbocycles. The number of carbonyl (C=O) groups excluding carboxylic acids is 1. The molecule has 1 amide bonds. The van der Waals surface area contributed by atoms with Crippen LogP contribution in [0.1, 0.15) is 26.2 Å². The summed E-state index contributed by atoms with van der Waals surface area (Å²) in [6.07, 6.45) is 4.52. The van der Waals surface area contributed by atoms with Crippen molar-refractivity contribution in [2.45, 2.75) is 32.2 Å². The Hall–Kier alpha value is -1.56. The van der Waals surface area contributed by atoms with Crippen LogP contribution in [0.2, 0.25) is 5.02 Å². The second-order valence-corrected chi connectivity index (χ2v) is 5.02. The van der Waals surface area contributed by atoms with Crippen LogP contribution >= 0.6 is 11.6 Å². The molecule has 0 spiro atoms. The van der Waals surface area contributed by atoms with Crippen LogP contribution in [0.4, 0.5) is 5.82 Å². The number of amides is 1. The molecule has 1 aliphatic rings. The summed E-state index contributed by atoms with van der Waals surface area (Å²) >= 11 is 5.83. The van der Waals surface area contributed by atoms with Gasteiger partial charge in [0.1, 0.15) is 11.1 Å². The molecule has 0 aromatic carbocycles. The fourth-order valence-corrected chi connectivity index (χ4v) is 2.30. The number of likely N-dealkylation sites (tertiary alicyclic amines) is 1. The Bertz CT molecular complexity index is 511. The Morgan fingerprint density at radius 1 is 1.47 bits per heavy atom. The van der Waals surface area contributed by atoms with Crippen molar-refractivity contribution < 1.29 is 4.79 Å². The van der Waals surface area contributed by atoms with E-state index in [1.54, 1.807) is 6.92 Å². The number of aromatic nitrogens is 2. The predicted molar refractivity (Wildman–Crippen MR) is 73.4 cm³/mol. The molecule has 1 aromatic rings. The SMILES string of the molecule is CC(Nc1nc[nH]c(=O)c1Cl)C(=O)N1CCCCC1. The Morgan fingerprint density at radius 2 is 2.16 bits per heavy atom. The largest absolute Gasteiger partial charge is 0.357 e. The van der Waals surface area contributed by atoms with Gasteiger partial charge in [-0.15, -0.1) is 0 Å². The fourth-order valence-electron chi connectivity index (χ4n) is 2.14. The molecule has 7 heteroatoms. The van der Waals surface area contributed by atoms with Crippen LogP contribution < -0.4 is 10.9 Å². The van der Waals surface area contributed by atoms with E-state index in [-0.39, 0.29) is 16.7 Å². The lowest BCUT2D eigenvalue weighted by atomic mass is 10.1. The van der Waals surface area contributed by atoms with Gasteiger partial charge in [-0.1, -0.05) is 11.6 Å². The highest BCUT2D eigenvalue weighted by Gasteiger charge is 2.23. The predicted octanol–water partition coefficient (Wildman–Crippen LogP) is 1.24. The van der Waals surface area contributed by atoms with Crippen molar-refractivity contribution in [2.24, 2.45) is 0 Å². The van der Waals surface area contributed by atoms with Crippen LogP contribution in [-0.2, 0) is 4.79 Å². The third-order valence-corrected chi connectivity index (χ3v) is 3.54. The summed E-state index contributed by atoms with van der Waals surface area (Å²) in [5.74, 6) is 0.251. The number of hydrogen-bond acceptors (Lipinski definition) is 4. The molecule has 1 saturated heterocycles. The average Bonchev–Trinajstić information content (AvgIpc) is 2.44. The van der Waals surface area contributed by atoms with Gasteiger partial charge in [-0.25, -0.2) is 4.98 Å². The van der Waals surface area contributed by atoms with E-state index < -0.39 is 11.6 Å². The number of H-pyrrole nitrogens is 1. The Kier molecular flexibility index (Phi) is 4.42. The van der Waals surface area contributed by atoms with E-state index in [1.165, 1.54) is 12.7 Å². The van der Waals surface area contributed by atoms with Crippen LogP contribution in [0.25, 0.3) is 0 Å². The molecule has 0 saturated carbocycles. The molecule has 0 bridgehead atoms. The van der Waals surface area contributed by atoms with Crippen LogP contribution in [0.3, 0.4) is 0 Å². The molecule has 0 radical (unpaired) electrons. The highest BCUT2D eigenvalue weighted by Crippen LogP contribution is 2.15. The maximum absolute atomic E-state index is 12.2. The Labute approximate surface area is 116 Å². The molecule has 19 heavy (non-hydrogen) atoms. The first kappa shape index (κ1) is 13.9. The molecule has 1 atom stereocenters. The second kappa shape index (κ2) is 6.06. The van der Waals surface area contributed by atoms with Crippen molar-refractivity contribution in [2.75, 3.05) is 18.4 Å². The number of piperidine rings is 1. The first-order chi connectivity index (χ1) is 9.09. The van der Waals surface area contributed by atoms with Crippen molar-refractivity contribution in [1.29, 1.82) is 0 Å². The summed E-state index contributed by atoms with van der Waals surface area (Å²) in [7, 11) is 0. The number of nitrogens with one attached hydrogen (secondary N) is 2. The van der Waals surface area contributed by atoms with Gasteiger partial charge >= 0.3 is 0 Å². The zero-order chi connectivity index (χ0) is 13.8. The van der Waals surface area contributed by atoms with E-state index in [1.807, 2.05) is 4.90 Å². The standard InChI is InChI=1S/C12H17ClN4O2/c1-8(12(19)17-5-3-2-4-6-17)16-10-9(13)11(18)15-7-14-10/h7-8H,2-6H2,1H3,(H2,14,15,16,18). The first-order valence-corrected chi connectivity index (χ1v) is 6.76. The molecule has 1 unspecified atom stereocenters. The number of carbonyl (C=O) groups is 1. The normalized spacial score (nSPS) is 17.1. The molecule has 2 N–H and O–H groups in total. The maximum Gasteiger partial charge on any atom is 0.271 e. The average molecular weight is 285 g/mol. The molecule has 1 fully saturated rings. The molecule has 1 aromatic heterocycles. The minimum Gasteiger partial charge on any atom is -0.357 e. The van der Waals surface area contributed by atoms with Crippen LogP contribution in [0.15, 0.2) is 11.1 Å². The lowest BCUT2D eigenvalue weighted by Gasteiger charge is -2.29. The van der Waals surface area contributed by atoms with E-state index in [9.17, 15) is 9.59 Å². The topological polar surface area (TPSA) is 78.1 Å². The van der Waals surface area contributed by atoms with Gasteiger partial charge in [-0.05, 0) is 26.2 Å². The van der Waals surface area contributed by atoms with Gasteiger partial charge in [0.25, 0.3) is 5.56 Å². The molecule has 6 nitrogen and oxygen atoms in total. The van der Waals surface area contributed by atoms with Gasteiger partial charge in [0.15, 0.2) is 5.82 Å². The van der Waals surface area contributed by atoms with Crippen LogP contribution in [0.5, 0.6) is 0 Å². The van der Waals surface area contributed by atoms with Crippen LogP contribution in [-0.4, -0.2) is 39.9 Å². The summed E-state index contributed by atoms with van der Waals surface area (Å²) in [5, 5.41) is 2.87. The minimum absolute atomic E-state index is 0.0119. The van der Waals surface area contributed by atoms with Crippen LogP contribution in [0, 0.1) is 0 Å². The van der Waals surface area contributed by atoms with E-state index in [2.05, 4.69) is 15.3 Å².